The Morgan fingerprint density at radius 1 is 0.927 bits per heavy atom. The fourth-order valence-electron chi connectivity index (χ4n) is 6.36. The molecule has 3 heterocycles. The fraction of sp³-hybridized carbons (Fsp3) is 0.594. The number of para-hydroxylation sites is 1. The minimum absolute atomic E-state index is 0. The van der Waals surface area contributed by atoms with Crippen molar-refractivity contribution in [3.63, 3.8) is 0 Å². The lowest BCUT2D eigenvalue weighted by atomic mass is 9.96. The molecule has 2 aliphatic heterocycles. The van der Waals surface area contributed by atoms with Crippen LogP contribution in [0.4, 0.5) is 0 Å². The van der Waals surface area contributed by atoms with Crippen molar-refractivity contribution < 1.29 is 4.74 Å². The number of likely N-dealkylation sites (tertiary alicyclic amines) is 2. The molecule has 0 saturated carbocycles. The Morgan fingerprint density at radius 3 is 2.41 bits per heavy atom. The van der Waals surface area contributed by atoms with Crippen LogP contribution in [0.5, 0.6) is 5.75 Å². The van der Waals surface area contributed by atoms with E-state index in [2.05, 4.69) is 46.4 Å². The van der Waals surface area contributed by atoms with Crippen LogP contribution < -0.4 is 4.74 Å². The zero-order chi connectivity index (χ0) is 26.3. The lowest BCUT2D eigenvalue weighted by Crippen LogP contribution is -2.44. The fourth-order valence-corrected chi connectivity index (χ4v) is 6.48. The molecule has 0 aliphatic carbocycles. The number of halogens is 4. The molecule has 2 aliphatic rings. The van der Waals surface area contributed by atoms with Crippen LogP contribution in [-0.4, -0.2) is 58.1 Å². The molecule has 3 aromatic rings. The lowest BCUT2D eigenvalue weighted by Gasteiger charge is -2.39. The van der Waals surface area contributed by atoms with Gasteiger partial charge in [-0.15, -0.1) is 37.2 Å². The molecular weight excluding hydrogens is 598 g/mol. The molecular formula is C32H48Cl4N4O. The van der Waals surface area contributed by atoms with E-state index in [1.165, 1.54) is 88.7 Å². The molecule has 0 bridgehead atoms. The molecule has 0 radical (unpaired) electrons. The van der Waals surface area contributed by atoms with E-state index in [-0.39, 0.29) is 37.2 Å². The average molecular weight is 647 g/mol. The van der Waals surface area contributed by atoms with E-state index in [0.29, 0.717) is 12.5 Å². The summed E-state index contributed by atoms with van der Waals surface area (Å²) >= 11 is 6.05. The molecule has 9 heteroatoms. The third-order valence-corrected chi connectivity index (χ3v) is 8.86. The number of imidazole rings is 1. The van der Waals surface area contributed by atoms with Gasteiger partial charge in [0.15, 0.2) is 0 Å². The summed E-state index contributed by atoms with van der Waals surface area (Å²) in [6.45, 7) is 12.4. The molecule has 230 valence electrons. The van der Waals surface area contributed by atoms with Gasteiger partial charge in [0.25, 0.3) is 0 Å². The van der Waals surface area contributed by atoms with Crippen molar-refractivity contribution in [3.05, 3.63) is 58.9 Å². The molecule has 2 saturated heterocycles. The topological polar surface area (TPSA) is 33.5 Å². The minimum atomic E-state index is 0. The van der Waals surface area contributed by atoms with Crippen molar-refractivity contribution in [2.75, 3.05) is 32.7 Å². The van der Waals surface area contributed by atoms with E-state index in [1.807, 2.05) is 24.3 Å². The Morgan fingerprint density at radius 2 is 1.66 bits per heavy atom. The molecule has 1 unspecified atom stereocenters. The van der Waals surface area contributed by atoms with E-state index < -0.39 is 0 Å². The monoisotopic (exact) mass is 644 g/mol. The van der Waals surface area contributed by atoms with Gasteiger partial charge in [-0.3, -0.25) is 0 Å². The summed E-state index contributed by atoms with van der Waals surface area (Å²) in [5, 5.41) is 0.719. The van der Waals surface area contributed by atoms with Crippen LogP contribution in [0.2, 0.25) is 5.02 Å². The van der Waals surface area contributed by atoms with Crippen molar-refractivity contribution in [2.24, 2.45) is 5.92 Å². The van der Waals surface area contributed by atoms with Crippen LogP contribution in [0.3, 0.4) is 0 Å². The number of benzene rings is 2. The molecule has 0 spiro atoms. The van der Waals surface area contributed by atoms with Crippen LogP contribution in [0.1, 0.15) is 69.7 Å². The van der Waals surface area contributed by atoms with Gasteiger partial charge in [-0.25, -0.2) is 4.98 Å². The molecule has 2 atom stereocenters. The third kappa shape index (κ3) is 9.91. The van der Waals surface area contributed by atoms with Crippen molar-refractivity contribution in [2.45, 2.75) is 84.4 Å². The van der Waals surface area contributed by atoms with Gasteiger partial charge >= 0.3 is 0 Å². The molecule has 5 nitrogen and oxygen atoms in total. The highest BCUT2D eigenvalue weighted by atomic mass is 35.5. The summed E-state index contributed by atoms with van der Waals surface area (Å²) in [4.78, 5) is 10.5. The Bertz CT molecular complexity index is 1170. The number of aromatic nitrogens is 2. The molecule has 0 amide bonds. The largest absolute Gasteiger partial charge is 0.486 e. The first-order valence-corrected chi connectivity index (χ1v) is 15.2. The second-order valence-corrected chi connectivity index (χ2v) is 12.0. The van der Waals surface area contributed by atoms with Gasteiger partial charge in [0.2, 0.25) is 0 Å². The number of nitrogens with zero attached hydrogens (tertiary/aromatic N) is 4. The van der Waals surface area contributed by atoms with Crippen molar-refractivity contribution in [3.8, 4) is 5.75 Å². The van der Waals surface area contributed by atoms with Crippen LogP contribution in [0.15, 0.2) is 42.5 Å². The lowest BCUT2D eigenvalue weighted by molar-refractivity contribution is 0.103. The van der Waals surface area contributed by atoms with E-state index in [9.17, 15) is 0 Å². The number of hydrogen-bond donors (Lipinski definition) is 0. The summed E-state index contributed by atoms with van der Waals surface area (Å²) in [5.41, 5.74) is 3.51. The summed E-state index contributed by atoms with van der Waals surface area (Å²) in [6, 6.07) is 14.8. The summed E-state index contributed by atoms with van der Waals surface area (Å²) in [7, 11) is 0. The zero-order valence-corrected chi connectivity index (χ0v) is 27.8. The van der Waals surface area contributed by atoms with Gasteiger partial charge in [0, 0.05) is 24.2 Å². The number of piperidine rings is 2. The molecule has 41 heavy (non-hydrogen) atoms. The van der Waals surface area contributed by atoms with Gasteiger partial charge in [0.1, 0.15) is 18.2 Å². The summed E-state index contributed by atoms with van der Waals surface area (Å²) in [6.07, 6.45) is 10.8. The van der Waals surface area contributed by atoms with E-state index in [0.717, 1.165) is 41.1 Å². The molecule has 2 aromatic carbocycles. The first-order chi connectivity index (χ1) is 18.6. The van der Waals surface area contributed by atoms with Gasteiger partial charge in [0.05, 0.1) is 11.0 Å². The Labute approximate surface area is 270 Å². The highest BCUT2D eigenvalue weighted by Crippen LogP contribution is 2.25. The maximum atomic E-state index is 6.12. The predicted molar refractivity (Wildman–Crippen MR) is 180 cm³/mol. The second-order valence-electron chi connectivity index (χ2n) is 11.6. The van der Waals surface area contributed by atoms with Gasteiger partial charge in [-0.2, -0.15) is 0 Å². The average Bonchev–Trinajstić information content (AvgIpc) is 3.30. The quantitative estimate of drug-likeness (QED) is 0.209. The van der Waals surface area contributed by atoms with E-state index >= 15 is 0 Å². The molecule has 2 fully saturated rings. The maximum Gasteiger partial charge on any atom is 0.148 e. The second kappa shape index (κ2) is 17.8. The SMILES string of the molecule is Cc1cccc2c1nc(COc1ccc(Cl)cc1)n2CCC(C)CN1CCCC[C@@H]1CCN1CCCCC1.Cl.Cl.Cl. The van der Waals surface area contributed by atoms with Crippen LogP contribution in [-0.2, 0) is 13.2 Å². The first kappa shape index (κ1) is 36.0. The van der Waals surface area contributed by atoms with Crippen molar-refractivity contribution in [1.29, 1.82) is 0 Å². The number of rotatable bonds is 11. The minimum Gasteiger partial charge on any atom is -0.486 e. The normalized spacial score (nSPS) is 18.7. The van der Waals surface area contributed by atoms with Gasteiger partial charge in [-0.1, -0.05) is 43.5 Å². The van der Waals surface area contributed by atoms with Crippen LogP contribution >= 0.6 is 48.8 Å². The predicted octanol–water partition coefficient (Wildman–Crippen LogP) is 8.60. The molecule has 5 rings (SSSR count). The highest BCUT2D eigenvalue weighted by Gasteiger charge is 2.25. The third-order valence-electron chi connectivity index (χ3n) is 8.61. The molecule has 1 aromatic heterocycles. The van der Waals surface area contributed by atoms with E-state index in [4.69, 9.17) is 21.3 Å². The number of hydrogen-bond acceptors (Lipinski definition) is 4. The summed E-state index contributed by atoms with van der Waals surface area (Å²) in [5.74, 6) is 2.45. The van der Waals surface area contributed by atoms with Crippen molar-refractivity contribution >= 4 is 59.9 Å². The highest BCUT2D eigenvalue weighted by molar-refractivity contribution is 6.30. The Hall–Kier alpha value is -1.21. The zero-order valence-electron chi connectivity index (χ0n) is 24.6. The maximum absolute atomic E-state index is 6.12. The molecule has 0 N–H and O–H groups in total. The van der Waals surface area contributed by atoms with Gasteiger partial charge < -0.3 is 19.1 Å². The Kier molecular flexibility index (Phi) is 15.6. The smallest absolute Gasteiger partial charge is 0.148 e. The van der Waals surface area contributed by atoms with Gasteiger partial charge in [-0.05, 0) is 113 Å². The van der Waals surface area contributed by atoms with Crippen LogP contribution in [0.25, 0.3) is 11.0 Å². The number of ether oxygens (including phenoxy) is 1. The standard InChI is InChI=1S/C32H45ClN4O.3ClH/c1-25(23-36-20-7-4-10-28(36)17-21-35-18-5-3-6-19-35)16-22-37-30-11-8-9-26(2)32(30)34-31(37)24-38-29-14-12-27(33)13-15-29;;;/h8-9,11-15,25,28H,3-7,10,16-24H2,1-2H3;3*1H/t25?,28-;;;/m1.../s1. The first-order valence-electron chi connectivity index (χ1n) is 14.9. The number of aryl methyl sites for hydroxylation is 2. The van der Waals surface area contributed by atoms with E-state index in [1.54, 1.807) is 0 Å². The number of fused-ring (bicyclic) bond motifs is 1. The van der Waals surface area contributed by atoms with Crippen LogP contribution in [0, 0.1) is 12.8 Å². The summed E-state index contributed by atoms with van der Waals surface area (Å²) < 4.78 is 8.51. The van der Waals surface area contributed by atoms with Crippen molar-refractivity contribution in [1.82, 2.24) is 19.4 Å². The Balaban J connectivity index is 0.00000196.